The van der Waals surface area contributed by atoms with E-state index in [4.69, 9.17) is 17.3 Å². The molecule has 1 saturated heterocycles. The molecule has 2 nitrogen and oxygen atoms in total. The Morgan fingerprint density at radius 2 is 2.16 bits per heavy atom. The number of rotatable bonds is 3. The molecule has 0 aromatic heterocycles. The molecule has 2 unspecified atom stereocenters. The van der Waals surface area contributed by atoms with Crippen LogP contribution in [-0.4, -0.2) is 24.0 Å². The molecule has 0 aliphatic carbocycles. The minimum Gasteiger partial charge on any atom is -0.329 e. The number of hydrogen-bond acceptors (Lipinski definition) is 2. The highest BCUT2D eigenvalue weighted by atomic mass is 35.5. The van der Waals surface area contributed by atoms with Crippen LogP contribution in [0.15, 0.2) is 18.2 Å². The number of benzene rings is 1. The lowest BCUT2D eigenvalue weighted by Gasteiger charge is -2.39. The molecule has 1 aromatic rings. The number of halogens is 3. The summed E-state index contributed by atoms with van der Waals surface area (Å²) in [7, 11) is 0. The summed E-state index contributed by atoms with van der Waals surface area (Å²) in [5.74, 6) is 0.333. The van der Waals surface area contributed by atoms with Gasteiger partial charge in [0.2, 0.25) is 0 Å². The second-order valence-electron chi connectivity index (χ2n) is 5.17. The van der Waals surface area contributed by atoms with Crippen molar-refractivity contribution in [3.05, 3.63) is 34.6 Å². The monoisotopic (exact) mass is 306 g/mol. The maximum Gasteiger partial charge on any atom is 0.125 e. The van der Waals surface area contributed by atoms with Gasteiger partial charge in [-0.3, -0.25) is 4.90 Å². The predicted octanol–water partition coefficient (Wildman–Crippen LogP) is 3.46. The van der Waals surface area contributed by atoms with E-state index in [0.717, 1.165) is 18.7 Å². The minimum atomic E-state index is -0.271. The Kier molecular flexibility index (Phi) is 6.54. The first-order chi connectivity index (χ1) is 8.60. The van der Waals surface area contributed by atoms with Gasteiger partial charge < -0.3 is 5.73 Å². The quantitative estimate of drug-likeness (QED) is 0.926. The van der Waals surface area contributed by atoms with E-state index in [2.05, 4.69) is 11.8 Å². The van der Waals surface area contributed by atoms with Crippen molar-refractivity contribution in [2.24, 2.45) is 11.7 Å². The Balaban J connectivity index is 0.00000180. The molecule has 2 atom stereocenters. The van der Waals surface area contributed by atoms with Crippen LogP contribution in [0, 0.1) is 11.7 Å². The fraction of sp³-hybridized carbons (Fsp3) is 0.571. The van der Waals surface area contributed by atoms with Gasteiger partial charge >= 0.3 is 0 Å². The maximum absolute atomic E-state index is 13.3. The summed E-state index contributed by atoms with van der Waals surface area (Å²) in [6, 6.07) is 5.11. The molecule has 1 aromatic carbocycles. The van der Waals surface area contributed by atoms with E-state index >= 15 is 0 Å². The van der Waals surface area contributed by atoms with Crippen LogP contribution in [0.5, 0.6) is 0 Å². The molecule has 1 fully saturated rings. The summed E-state index contributed by atoms with van der Waals surface area (Å²) in [6.07, 6.45) is 2.41. The van der Waals surface area contributed by atoms with Crippen LogP contribution >= 0.6 is 24.0 Å². The van der Waals surface area contributed by atoms with E-state index in [0.29, 0.717) is 23.5 Å². The minimum absolute atomic E-state index is 0. The van der Waals surface area contributed by atoms with Gasteiger partial charge in [-0.25, -0.2) is 4.39 Å². The molecule has 0 radical (unpaired) electrons. The first-order valence-electron chi connectivity index (χ1n) is 6.49. The molecule has 1 aliphatic heterocycles. The number of likely N-dealkylation sites (tertiary alicyclic amines) is 1. The van der Waals surface area contributed by atoms with Crippen molar-refractivity contribution < 1.29 is 4.39 Å². The second-order valence-corrected chi connectivity index (χ2v) is 5.61. The highest BCUT2D eigenvalue weighted by Gasteiger charge is 2.27. The van der Waals surface area contributed by atoms with Gasteiger partial charge in [0.25, 0.3) is 0 Å². The summed E-state index contributed by atoms with van der Waals surface area (Å²) in [5.41, 5.74) is 6.78. The number of hydrogen-bond donors (Lipinski definition) is 1. The summed E-state index contributed by atoms with van der Waals surface area (Å²) in [5, 5.41) is 0.458. The van der Waals surface area contributed by atoms with E-state index in [1.54, 1.807) is 6.07 Å². The highest BCUT2D eigenvalue weighted by Crippen LogP contribution is 2.25. The van der Waals surface area contributed by atoms with Gasteiger partial charge in [-0.15, -0.1) is 12.4 Å². The highest BCUT2D eigenvalue weighted by molar-refractivity contribution is 6.30. The van der Waals surface area contributed by atoms with Gasteiger partial charge in [-0.05, 0) is 49.1 Å². The Morgan fingerprint density at radius 3 is 2.79 bits per heavy atom. The third-order valence-electron chi connectivity index (χ3n) is 3.78. The summed E-state index contributed by atoms with van der Waals surface area (Å²) >= 11 is 5.88. The number of nitrogens with zero attached hydrogens (tertiary/aromatic N) is 1. The standard InChI is InChI=1S/C14H20ClFN2.ClH/c1-10-3-2-4-18(14(10)8-17)9-11-5-12(15)7-13(16)6-11;/h5-7,10,14H,2-4,8-9,17H2,1H3;1H. The zero-order valence-corrected chi connectivity index (χ0v) is 12.7. The zero-order chi connectivity index (χ0) is 13.1. The average Bonchev–Trinajstić information content (AvgIpc) is 2.27. The van der Waals surface area contributed by atoms with Crippen molar-refractivity contribution in [2.75, 3.05) is 13.1 Å². The van der Waals surface area contributed by atoms with Crippen LogP contribution in [0.1, 0.15) is 25.3 Å². The predicted molar refractivity (Wildman–Crippen MR) is 80.3 cm³/mol. The van der Waals surface area contributed by atoms with Gasteiger partial charge in [-0.1, -0.05) is 18.5 Å². The van der Waals surface area contributed by atoms with E-state index in [9.17, 15) is 4.39 Å². The third kappa shape index (κ3) is 4.32. The fourth-order valence-electron chi connectivity index (χ4n) is 2.85. The van der Waals surface area contributed by atoms with Gasteiger partial charge in [0.05, 0.1) is 0 Å². The largest absolute Gasteiger partial charge is 0.329 e. The normalized spacial score (nSPS) is 24.0. The molecule has 2 rings (SSSR count). The van der Waals surface area contributed by atoms with Crippen LogP contribution in [0.25, 0.3) is 0 Å². The van der Waals surface area contributed by atoms with Crippen LogP contribution in [0.3, 0.4) is 0 Å². The lowest BCUT2D eigenvalue weighted by Crippen LogP contribution is -2.48. The van der Waals surface area contributed by atoms with E-state index < -0.39 is 0 Å². The van der Waals surface area contributed by atoms with Gasteiger partial charge in [-0.2, -0.15) is 0 Å². The van der Waals surface area contributed by atoms with E-state index in [1.165, 1.54) is 18.9 Å². The smallest absolute Gasteiger partial charge is 0.125 e. The molecule has 0 bridgehead atoms. The Labute approximate surface area is 125 Å². The van der Waals surface area contributed by atoms with Crippen molar-refractivity contribution in [2.45, 2.75) is 32.4 Å². The van der Waals surface area contributed by atoms with E-state index in [1.807, 2.05) is 6.07 Å². The zero-order valence-electron chi connectivity index (χ0n) is 11.1. The molecule has 1 aliphatic rings. The van der Waals surface area contributed by atoms with Gasteiger partial charge in [0, 0.05) is 24.2 Å². The van der Waals surface area contributed by atoms with Crippen LogP contribution < -0.4 is 5.73 Å². The van der Waals surface area contributed by atoms with E-state index in [-0.39, 0.29) is 18.2 Å². The molecule has 19 heavy (non-hydrogen) atoms. The van der Waals surface area contributed by atoms with Crippen molar-refractivity contribution in [1.29, 1.82) is 0 Å². The maximum atomic E-state index is 13.3. The Bertz CT molecular complexity index is 394. The number of nitrogens with two attached hydrogens (primary N) is 1. The summed E-state index contributed by atoms with van der Waals surface area (Å²) < 4.78 is 13.3. The molecule has 0 amide bonds. The molecular formula is C14H21Cl2FN2. The summed E-state index contributed by atoms with van der Waals surface area (Å²) in [6.45, 7) is 4.65. The molecule has 0 spiro atoms. The van der Waals surface area contributed by atoms with Crippen molar-refractivity contribution in [3.63, 3.8) is 0 Å². The van der Waals surface area contributed by atoms with Crippen LogP contribution in [0.2, 0.25) is 5.02 Å². The first kappa shape index (κ1) is 16.7. The average molecular weight is 307 g/mol. The molecule has 1 heterocycles. The van der Waals surface area contributed by atoms with Crippen molar-refractivity contribution in [3.8, 4) is 0 Å². The fourth-order valence-corrected chi connectivity index (χ4v) is 3.09. The Hall–Kier alpha value is -0.350. The molecule has 5 heteroatoms. The van der Waals surface area contributed by atoms with Crippen LogP contribution in [-0.2, 0) is 6.54 Å². The van der Waals surface area contributed by atoms with Gasteiger partial charge in [0.15, 0.2) is 0 Å². The van der Waals surface area contributed by atoms with Crippen molar-refractivity contribution >= 4 is 24.0 Å². The molecule has 108 valence electrons. The van der Waals surface area contributed by atoms with Crippen molar-refractivity contribution in [1.82, 2.24) is 4.90 Å². The van der Waals surface area contributed by atoms with Crippen LogP contribution in [0.4, 0.5) is 4.39 Å². The topological polar surface area (TPSA) is 29.3 Å². The molecular weight excluding hydrogens is 286 g/mol. The number of piperidine rings is 1. The molecule has 2 N–H and O–H groups in total. The SMILES string of the molecule is CC1CCCN(Cc2cc(F)cc(Cl)c2)C1CN.Cl. The summed E-state index contributed by atoms with van der Waals surface area (Å²) in [4.78, 5) is 2.35. The lowest BCUT2D eigenvalue weighted by atomic mass is 9.90. The third-order valence-corrected chi connectivity index (χ3v) is 4.00. The molecule has 0 saturated carbocycles. The Morgan fingerprint density at radius 1 is 1.42 bits per heavy atom. The second kappa shape index (κ2) is 7.44. The van der Waals surface area contributed by atoms with Gasteiger partial charge in [0.1, 0.15) is 5.82 Å². The lowest BCUT2D eigenvalue weighted by molar-refractivity contribution is 0.0990. The first-order valence-corrected chi connectivity index (χ1v) is 6.87.